The molecule has 0 amide bonds. The number of aliphatic hydroxyl groups is 1. The van der Waals surface area contributed by atoms with Gasteiger partial charge in [-0.1, -0.05) is 11.8 Å². The topological polar surface area (TPSA) is 49.5 Å². The minimum absolute atomic E-state index is 0.229. The Balaban J connectivity index is 2.06. The minimum atomic E-state index is -0.264. The van der Waals surface area contributed by atoms with Crippen LogP contribution in [0.3, 0.4) is 0 Å². The van der Waals surface area contributed by atoms with E-state index < -0.39 is 0 Å². The highest BCUT2D eigenvalue weighted by Gasteiger charge is 2.19. The largest absolute Gasteiger partial charge is 0.396 e. The van der Waals surface area contributed by atoms with E-state index in [-0.39, 0.29) is 19.0 Å². The van der Waals surface area contributed by atoms with Gasteiger partial charge in [-0.25, -0.2) is 4.39 Å². The molecule has 0 spiro atoms. The molecule has 1 fully saturated rings. The molecule has 1 saturated heterocycles. The number of piperidine rings is 1. The van der Waals surface area contributed by atoms with E-state index in [4.69, 9.17) is 5.73 Å². The molecule has 1 heterocycles. The van der Waals surface area contributed by atoms with Crippen LogP contribution in [0.4, 0.5) is 4.39 Å². The van der Waals surface area contributed by atoms with E-state index in [1.165, 1.54) is 6.07 Å². The van der Waals surface area contributed by atoms with Gasteiger partial charge in [-0.2, -0.15) is 0 Å². The van der Waals surface area contributed by atoms with Crippen LogP contribution in [0.2, 0.25) is 0 Å². The summed E-state index contributed by atoms with van der Waals surface area (Å²) in [4.78, 5) is 2.26. The maximum Gasteiger partial charge on any atom is 0.124 e. The zero-order valence-corrected chi connectivity index (χ0v) is 11.6. The van der Waals surface area contributed by atoms with Crippen LogP contribution in [0.15, 0.2) is 18.2 Å². The number of benzene rings is 1. The van der Waals surface area contributed by atoms with E-state index in [2.05, 4.69) is 16.7 Å². The van der Waals surface area contributed by atoms with Crippen LogP contribution >= 0.6 is 0 Å². The average molecular weight is 276 g/mol. The maximum absolute atomic E-state index is 13.6. The molecule has 1 aromatic rings. The van der Waals surface area contributed by atoms with Crippen LogP contribution in [-0.2, 0) is 6.54 Å². The highest BCUT2D eigenvalue weighted by molar-refractivity contribution is 5.38. The van der Waals surface area contributed by atoms with Crippen molar-refractivity contribution < 1.29 is 9.50 Å². The second-order valence-electron chi connectivity index (χ2n) is 5.28. The van der Waals surface area contributed by atoms with Gasteiger partial charge in [-0.3, -0.25) is 4.90 Å². The first kappa shape index (κ1) is 15.0. The first-order chi connectivity index (χ1) is 9.71. The maximum atomic E-state index is 13.6. The van der Waals surface area contributed by atoms with Crippen molar-refractivity contribution in [2.75, 3.05) is 26.2 Å². The third kappa shape index (κ3) is 4.31. The molecule has 1 aliphatic heterocycles. The Morgan fingerprint density at radius 2 is 2.25 bits per heavy atom. The van der Waals surface area contributed by atoms with Crippen molar-refractivity contribution in [3.05, 3.63) is 35.1 Å². The fourth-order valence-electron chi connectivity index (χ4n) is 2.67. The van der Waals surface area contributed by atoms with Gasteiger partial charge < -0.3 is 10.8 Å². The summed E-state index contributed by atoms with van der Waals surface area (Å²) in [6.07, 6.45) is 2.16. The molecule has 0 aromatic heterocycles. The molecule has 0 radical (unpaired) electrons. The number of hydrogen-bond donors (Lipinski definition) is 2. The lowest BCUT2D eigenvalue weighted by Crippen LogP contribution is -2.36. The number of rotatable bonds is 3. The third-order valence-corrected chi connectivity index (χ3v) is 3.56. The predicted octanol–water partition coefficient (Wildman–Crippen LogP) is 1.34. The number of hydrogen-bond acceptors (Lipinski definition) is 3. The normalized spacial score (nSPS) is 19.4. The zero-order chi connectivity index (χ0) is 14.4. The van der Waals surface area contributed by atoms with E-state index in [1.54, 1.807) is 6.07 Å². The van der Waals surface area contributed by atoms with Gasteiger partial charge in [0.25, 0.3) is 0 Å². The molecular formula is C16H21FN2O. The van der Waals surface area contributed by atoms with Crippen LogP contribution in [0.5, 0.6) is 0 Å². The van der Waals surface area contributed by atoms with E-state index in [1.807, 2.05) is 6.07 Å². The fraction of sp³-hybridized carbons (Fsp3) is 0.500. The number of nitrogens with two attached hydrogens (primary N) is 1. The highest BCUT2D eigenvalue weighted by Crippen LogP contribution is 2.19. The van der Waals surface area contributed by atoms with Crippen molar-refractivity contribution in [3.8, 4) is 11.8 Å². The quantitative estimate of drug-likeness (QED) is 0.819. The average Bonchev–Trinajstić information content (AvgIpc) is 2.44. The molecule has 0 aliphatic carbocycles. The Hall–Kier alpha value is -1.41. The molecule has 1 aliphatic rings. The molecule has 108 valence electrons. The van der Waals surface area contributed by atoms with Crippen LogP contribution in [0.25, 0.3) is 0 Å². The molecule has 3 nitrogen and oxygen atoms in total. The smallest absolute Gasteiger partial charge is 0.124 e. The van der Waals surface area contributed by atoms with Gasteiger partial charge in [0.15, 0.2) is 0 Å². The molecule has 0 bridgehead atoms. The molecule has 1 atom stereocenters. The third-order valence-electron chi connectivity index (χ3n) is 3.56. The van der Waals surface area contributed by atoms with Crippen molar-refractivity contribution in [1.82, 2.24) is 4.90 Å². The van der Waals surface area contributed by atoms with Gasteiger partial charge in [0.05, 0.1) is 6.54 Å². The van der Waals surface area contributed by atoms with Crippen molar-refractivity contribution in [1.29, 1.82) is 0 Å². The summed E-state index contributed by atoms with van der Waals surface area (Å²) in [5.74, 6) is 5.69. The van der Waals surface area contributed by atoms with Crippen LogP contribution in [-0.4, -0.2) is 36.2 Å². The van der Waals surface area contributed by atoms with Crippen molar-refractivity contribution in [3.63, 3.8) is 0 Å². The number of likely N-dealkylation sites (tertiary alicyclic amines) is 1. The molecule has 20 heavy (non-hydrogen) atoms. The first-order valence-electron chi connectivity index (χ1n) is 7.03. The Morgan fingerprint density at radius 3 is 3.00 bits per heavy atom. The number of halogens is 1. The lowest BCUT2D eigenvalue weighted by molar-refractivity contribution is 0.116. The van der Waals surface area contributed by atoms with E-state index in [9.17, 15) is 9.50 Å². The second-order valence-corrected chi connectivity index (χ2v) is 5.28. The van der Waals surface area contributed by atoms with E-state index >= 15 is 0 Å². The Kier molecular flexibility index (Phi) is 5.54. The van der Waals surface area contributed by atoms with Gasteiger partial charge in [0.2, 0.25) is 0 Å². The summed E-state index contributed by atoms with van der Waals surface area (Å²) >= 11 is 0. The summed E-state index contributed by atoms with van der Waals surface area (Å²) in [5.41, 5.74) is 6.92. The van der Waals surface area contributed by atoms with E-state index in [0.717, 1.165) is 31.5 Å². The molecule has 2 rings (SSSR count). The van der Waals surface area contributed by atoms with Gasteiger partial charge in [-0.15, -0.1) is 0 Å². The zero-order valence-electron chi connectivity index (χ0n) is 11.6. The highest BCUT2D eigenvalue weighted by atomic mass is 19.1. The SMILES string of the molecule is NCC#Cc1cc(F)cc(CN2CCCC(CO)C2)c1. The summed E-state index contributed by atoms with van der Waals surface area (Å²) in [6.45, 7) is 3.07. The molecule has 0 saturated carbocycles. The molecule has 3 N–H and O–H groups in total. The van der Waals surface area contributed by atoms with Gasteiger partial charge in [0.1, 0.15) is 5.82 Å². The lowest BCUT2D eigenvalue weighted by atomic mass is 9.98. The Bertz CT molecular complexity index is 507. The van der Waals surface area contributed by atoms with Crippen LogP contribution in [0.1, 0.15) is 24.0 Å². The standard InChI is InChI=1S/C16H21FN2O/c17-16-8-13(3-1-5-18)7-15(9-16)11-19-6-2-4-14(10-19)12-20/h7-9,14,20H,2,4-6,10-12,18H2. The van der Waals surface area contributed by atoms with Gasteiger partial charge in [0, 0.05) is 25.3 Å². The monoisotopic (exact) mass is 276 g/mol. The van der Waals surface area contributed by atoms with Crippen molar-refractivity contribution in [2.45, 2.75) is 19.4 Å². The van der Waals surface area contributed by atoms with E-state index in [0.29, 0.717) is 18.0 Å². The summed E-state index contributed by atoms with van der Waals surface area (Å²) < 4.78 is 13.6. The number of aliphatic hydroxyl groups excluding tert-OH is 1. The minimum Gasteiger partial charge on any atom is -0.396 e. The van der Waals surface area contributed by atoms with Crippen molar-refractivity contribution in [2.24, 2.45) is 11.7 Å². The first-order valence-corrected chi connectivity index (χ1v) is 7.03. The Morgan fingerprint density at radius 1 is 1.40 bits per heavy atom. The summed E-state index contributed by atoms with van der Waals surface area (Å²) in [7, 11) is 0. The van der Waals surface area contributed by atoms with Crippen molar-refractivity contribution >= 4 is 0 Å². The fourth-order valence-corrected chi connectivity index (χ4v) is 2.67. The summed E-state index contributed by atoms with van der Waals surface area (Å²) in [6, 6.07) is 4.89. The molecule has 4 heteroatoms. The van der Waals surface area contributed by atoms with Crippen LogP contribution in [0, 0.1) is 23.6 Å². The number of nitrogens with zero attached hydrogens (tertiary/aromatic N) is 1. The molecule has 1 aromatic carbocycles. The van der Waals surface area contributed by atoms with Gasteiger partial charge in [-0.05, 0) is 49.1 Å². The predicted molar refractivity (Wildman–Crippen MR) is 77.4 cm³/mol. The molecular weight excluding hydrogens is 255 g/mol. The lowest BCUT2D eigenvalue weighted by Gasteiger charge is -2.31. The van der Waals surface area contributed by atoms with Gasteiger partial charge >= 0.3 is 0 Å². The second kappa shape index (κ2) is 7.39. The molecule has 1 unspecified atom stereocenters. The van der Waals surface area contributed by atoms with Crippen LogP contribution < -0.4 is 5.73 Å². The Labute approximate surface area is 119 Å². The summed E-state index contributed by atoms with van der Waals surface area (Å²) in [5, 5.41) is 9.24.